The number of carbonyl (C=O) groups excluding carboxylic acids is 2. The first-order valence-electron chi connectivity index (χ1n) is 6.20. The molecule has 2 aromatic rings. The van der Waals surface area contributed by atoms with Crippen molar-refractivity contribution in [2.24, 2.45) is 0 Å². The second kappa shape index (κ2) is 6.10. The summed E-state index contributed by atoms with van der Waals surface area (Å²) in [4.78, 5) is 23.2. The standard InChI is InChI=1S/C16H13FO3/c1-2-20-16(19)15(18)12-8-9-14(17)13(10-12)11-6-4-3-5-7-11/h3-10H,2H2,1H3. The van der Waals surface area contributed by atoms with Gasteiger partial charge in [-0.15, -0.1) is 0 Å². The van der Waals surface area contributed by atoms with Crippen LogP contribution in [0.4, 0.5) is 4.39 Å². The summed E-state index contributed by atoms with van der Waals surface area (Å²) in [6, 6.07) is 12.6. The molecule has 3 nitrogen and oxygen atoms in total. The zero-order valence-corrected chi connectivity index (χ0v) is 10.9. The third kappa shape index (κ3) is 2.91. The zero-order chi connectivity index (χ0) is 14.5. The van der Waals surface area contributed by atoms with E-state index in [-0.39, 0.29) is 17.7 Å². The molecule has 0 aliphatic rings. The number of benzene rings is 2. The quantitative estimate of drug-likeness (QED) is 0.487. The lowest BCUT2D eigenvalue weighted by molar-refractivity contribution is -0.137. The van der Waals surface area contributed by atoms with Gasteiger partial charge in [0, 0.05) is 11.1 Å². The van der Waals surface area contributed by atoms with E-state index in [0.717, 1.165) is 0 Å². The smallest absolute Gasteiger partial charge is 0.379 e. The summed E-state index contributed by atoms with van der Waals surface area (Å²) >= 11 is 0. The molecule has 0 N–H and O–H groups in total. The molecule has 0 unspecified atom stereocenters. The van der Waals surface area contributed by atoms with Crippen LogP contribution in [-0.2, 0) is 9.53 Å². The van der Waals surface area contributed by atoms with Gasteiger partial charge < -0.3 is 4.74 Å². The van der Waals surface area contributed by atoms with Crippen LogP contribution in [0, 0.1) is 5.82 Å². The van der Waals surface area contributed by atoms with Crippen LogP contribution in [0.1, 0.15) is 17.3 Å². The van der Waals surface area contributed by atoms with Crippen molar-refractivity contribution in [1.82, 2.24) is 0 Å². The fourth-order valence-corrected chi connectivity index (χ4v) is 1.82. The SMILES string of the molecule is CCOC(=O)C(=O)c1ccc(F)c(-c2ccccc2)c1. The second-order valence-electron chi connectivity index (χ2n) is 4.11. The van der Waals surface area contributed by atoms with E-state index in [1.54, 1.807) is 31.2 Å². The van der Waals surface area contributed by atoms with Crippen molar-refractivity contribution in [2.45, 2.75) is 6.92 Å². The second-order valence-corrected chi connectivity index (χ2v) is 4.11. The van der Waals surface area contributed by atoms with Gasteiger partial charge in [-0.3, -0.25) is 4.79 Å². The van der Waals surface area contributed by atoms with Gasteiger partial charge in [-0.1, -0.05) is 30.3 Å². The monoisotopic (exact) mass is 272 g/mol. The van der Waals surface area contributed by atoms with Gasteiger partial charge in [-0.25, -0.2) is 9.18 Å². The summed E-state index contributed by atoms with van der Waals surface area (Å²) in [5.41, 5.74) is 1.04. The summed E-state index contributed by atoms with van der Waals surface area (Å²) in [6.07, 6.45) is 0. The van der Waals surface area contributed by atoms with Crippen LogP contribution in [0.5, 0.6) is 0 Å². The highest BCUT2D eigenvalue weighted by atomic mass is 19.1. The summed E-state index contributed by atoms with van der Waals surface area (Å²) in [5.74, 6) is -2.15. The molecule has 0 spiro atoms. The fourth-order valence-electron chi connectivity index (χ4n) is 1.82. The van der Waals surface area contributed by atoms with E-state index in [4.69, 9.17) is 0 Å². The van der Waals surface area contributed by atoms with Crippen molar-refractivity contribution < 1.29 is 18.7 Å². The molecule has 0 aliphatic carbocycles. The summed E-state index contributed by atoms with van der Waals surface area (Å²) in [5, 5.41) is 0. The number of halogens is 1. The number of rotatable bonds is 4. The van der Waals surface area contributed by atoms with Crippen molar-refractivity contribution in [1.29, 1.82) is 0 Å². The minimum absolute atomic E-state index is 0.115. The van der Waals surface area contributed by atoms with E-state index in [9.17, 15) is 14.0 Å². The molecule has 0 radical (unpaired) electrons. The number of ether oxygens (including phenoxy) is 1. The Bertz CT molecular complexity index is 635. The van der Waals surface area contributed by atoms with E-state index in [1.807, 2.05) is 6.07 Å². The highest BCUT2D eigenvalue weighted by molar-refractivity contribution is 6.40. The van der Waals surface area contributed by atoms with Gasteiger partial charge in [-0.05, 0) is 30.7 Å². The first kappa shape index (κ1) is 13.9. The lowest BCUT2D eigenvalue weighted by Gasteiger charge is -2.06. The molecule has 0 atom stereocenters. The average Bonchev–Trinajstić information content (AvgIpc) is 2.48. The topological polar surface area (TPSA) is 43.4 Å². The molecule has 2 rings (SSSR count). The van der Waals surface area contributed by atoms with E-state index >= 15 is 0 Å². The third-order valence-electron chi connectivity index (χ3n) is 2.77. The number of hydrogen-bond acceptors (Lipinski definition) is 3. The van der Waals surface area contributed by atoms with Gasteiger partial charge in [0.15, 0.2) is 0 Å². The lowest BCUT2D eigenvalue weighted by Crippen LogP contribution is -2.17. The third-order valence-corrected chi connectivity index (χ3v) is 2.77. The number of esters is 1. The Hall–Kier alpha value is -2.49. The molecule has 0 heterocycles. The Kier molecular flexibility index (Phi) is 4.25. The van der Waals surface area contributed by atoms with E-state index in [2.05, 4.69) is 4.74 Å². The van der Waals surface area contributed by atoms with Crippen molar-refractivity contribution in [2.75, 3.05) is 6.61 Å². The molecule has 2 aromatic carbocycles. The molecule has 0 saturated carbocycles. The Morgan fingerprint density at radius 3 is 2.45 bits per heavy atom. The molecule has 0 aliphatic heterocycles. The van der Waals surface area contributed by atoms with Crippen LogP contribution in [0.3, 0.4) is 0 Å². The van der Waals surface area contributed by atoms with Gasteiger partial charge in [0.1, 0.15) is 5.82 Å². The minimum Gasteiger partial charge on any atom is -0.460 e. The maximum atomic E-state index is 13.8. The average molecular weight is 272 g/mol. The molecule has 0 saturated heterocycles. The predicted molar refractivity (Wildman–Crippen MR) is 72.8 cm³/mol. The van der Waals surface area contributed by atoms with E-state index in [1.165, 1.54) is 18.2 Å². The van der Waals surface area contributed by atoms with Crippen LogP contribution < -0.4 is 0 Å². The number of Topliss-reactive ketones (excluding diaryl/α,β-unsaturated/α-hetero) is 1. The summed E-state index contributed by atoms with van der Waals surface area (Å²) in [7, 11) is 0. The first-order chi connectivity index (χ1) is 9.63. The first-order valence-corrected chi connectivity index (χ1v) is 6.20. The largest absolute Gasteiger partial charge is 0.460 e. The summed E-state index contributed by atoms with van der Waals surface area (Å²) < 4.78 is 18.5. The molecule has 0 bridgehead atoms. The van der Waals surface area contributed by atoms with Gasteiger partial charge in [-0.2, -0.15) is 0 Å². The van der Waals surface area contributed by atoms with Gasteiger partial charge in [0.25, 0.3) is 5.78 Å². The number of hydrogen-bond donors (Lipinski definition) is 0. The van der Waals surface area contributed by atoms with Crippen LogP contribution in [0.2, 0.25) is 0 Å². The molecule has 0 fully saturated rings. The Morgan fingerprint density at radius 2 is 1.80 bits per heavy atom. The molecular weight excluding hydrogens is 259 g/mol. The van der Waals surface area contributed by atoms with Crippen molar-refractivity contribution in [3.05, 3.63) is 59.9 Å². The molecule has 102 valence electrons. The van der Waals surface area contributed by atoms with Gasteiger partial charge in [0.2, 0.25) is 0 Å². The lowest BCUT2D eigenvalue weighted by atomic mass is 10.0. The number of carbonyl (C=O) groups is 2. The van der Waals surface area contributed by atoms with Crippen molar-refractivity contribution in [3.63, 3.8) is 0 Å². The predicted octanol–water partition coefficient (Wildman–Crippen LogP) is 3.24. The maximum Gasteiger partial charge on any atom is 0.379 e. The van der Waals surface area contributed by atoms with E-state index < -0.39 is 17.6 Å². The molecule has 0 aromatic heterocycles. The minimum atomic E-state index is -0.932. The van der Waals surface area contributed by atoms with Gasteiger partial charge >= 0.3 is 5.97 Å². The Balaban J connectivity index is 2.39. The van der Waals surface area contributed by atoms with Crippen molar-refractivity contribution in [3.8, 4) is 11.1 Å². The highest BCUT2D eigenvalue weighted by Gasteiger charge is 2.19. The normalized spacial score (nSPS) is 10.1. The van der Waals surface area contributed by atoms with Crippen LogP contribution in [-0.4, -0.2) is 18.4 Å². The van der Waals surface area contributed by atoms with E-state index in [0.29, 0.717) is 5.56 Å². The maximum absolute atomic E-state index is 13.8. The molecule has 0 amide bonds. The van der Waals surface area contributed by atoms with Crippen molar-refractivity contribution >= 4 is 11.8 Å². The van der Waals surface area contributed by atoms with Crippen LogP contribution >= 0.6 is 0 Å². The summed E-state index contributed by atoms with van der Waals surface area (Å²) in [6.45, 7) is 1.74. The molecular formula is C16H13FO3. The van der Waals surface area contributed by atoms with Gasteiger partial charge in [0.05, 0.1) is 6.61 Å². The zero-order valence-electron chi connectivity index (χ0n) is 10.9. The molecule has 4 heteroatoms. The van der Waals surface area contributed by atoms with Crippen LogP contribution in [0.25, 0.3) is 11.1 Å². The Labute approximate surface area is 116 Å². The molecule has 20 heavy (non-hydrogen) atoms. The number of ketones is 1. The van der Waals surface area contributed by atoms with Crippen LogP contribution in [0.15, 0.2) is 48.5 Å². The Morgan fingerprint density at radius 1 is 1.10 bits per heavy atom. The highest BCUT2D eigenvalue weighted by Crippen LogP contribution is 2.24. The fraction of sp³-hybridized carbons (Fsp3) is 0.125.